The quantitative estimate of drug-likeness (QED) is 0.372. The number of carbonyl (C=O) groups excluding carboxylic acids is 1. The van der Waals surface area contributed by atoms with E-state index in [0.29, 0.717) is 12.1 Å². The standard InChI is InChI=1S/C28H33F2N3O3.ClH/c1-18(34)33(13-12-24(31)27(35)36)26(28(2,3)4)25-14-20(22-15-21(29)10-11-23(22)30)17-32(25)16-19-8-6-5-7-9-19;/h5-11,14-15,17,24,26H,12-13,16,31H2,1-4H3,(H,35,36);1H/t24-,26-;/m0./s1. The van der Waals surface area contributed by atoms with Crippen LogP contribution in [-0.4, -0.2) is 39.0 Å². The summed E-state index contributed by atoms with van der Waals surface area (Å²) in [7, 11) is 0. The second-order valence-corrected chi connectivity index (χ2v) is 10.1. The minimum atomic E-state index is -1.14. The van der Waals surface area contributed by atoms with Crippen molar-refractivity contribution in [3.05, 3.63) is 83.7 Å². The zero-order chi connectivity index (χ0) is 26.6. The van der Waals surface area contributed by atoms with E-state index < -0.39 is 35.1 Å². The maximum Gasteiger partial charge on any atom is 0.320 e. The van der Waals surface area contributed by atoms with Crippen molar-refractivity contribution < 1.29 is 23.5 Å². The van der Waals surface area contributed by atoms with Crippen LogP contribution in [0, 0.1) is 17.0 Å². The smallest absolute Gasteiger partial charge is 0.320 e. The first-order valence-electron chi connectivity index (χ1n) is 11.8. The van der Waals surface area contributed by atoms with Gasteiger partial charge in [0.15, 0.2) is 0 Å². The monoisotopic (exact) mass is 533 g/mol. The van der Waals surface area contributed by atoms with Crippen molar-refractivity contribution in [2.45, 2.75) is 52.7 Å². The molecule has 1 aromatic heterocycles. The van der Waals surface area contributed by atoms with E-state index in [0.717, 1.165) is 29.5 Å². The summed E-state index contributed by atoms with van der Waals surface area (Å²) >= 11 is 0. The predicted octanol–water partition coefficient (Wildman–Crippen LogP) is 5.64. The lowest BCUT2D eigenvalue weighted by molar-refractivity contribution is -0.140. The maximum atomic E-state index is 14.7. The van der Waals surface area contributed by atoms with Gasteiger partial charge in [0.05, 0.1) is 6.04 Å². The van der Waals surface area contributed by atoms with Crippen molar-refractivity contribution in [2.24, 2.45) is 11.1 Å². The number of nitrogens with zero attached hydrogens (tertiary/aromatic N) is 2. The average molecular weight is 534 g/mol. The third-order valence-electron chi connectivity index (χ3n) is 6.18. The highest BCUT2D eigenvalue weighted by molar-refractivity contribution is 5.85. The van der Waals surface area contributed by atoms with Gasteiger partial charge in [0.2, 0.25) is 5.91 Å². The van der Waals surface area contributed by atoms with Gasteiger partial charge in [-0.2, -0.15) is 0 Å². The lowest BCUT2D eigenvalue weighted by Gasteiger charge is -2.40. The summed E-state index contributed by atoms with van der Waals surface area (Å²) in [5, 5.41) is 9.24. The Labute approximate surface area is 222 Å². The van der Waals surface area contributed by atoms with E-state index in [1.54, 1.807) is 17.2 Å². The van der Waals surface area contributed by atoms with E-state index >= 15 is 0 Å². The molecule has 3 aromatic rings. The first-order valence-corrected chi connectivity index (χ1v) is 11.8. The van der Waals surface area contributed by atoms with Gasteiger partial charge < -0.3 is 20.3 Å². The highest BCUT2D eigenvalue weighted by atomic mass is 35.5. The number of aromatic nitrogens is 1. The van der Waals surface area contributed by atoms with E-state index in [4.69, 9.17) is 5.73 Å². The largest absolute Gasteiger partial charge is 0.480 e. The Hall–Kier alpha value is -3.23. The van der Waals surface area contributed by atoms with Gasteiger partial charge in [-0.1, -0.05) is 51.1 Å². The van der Waals surface area contributed by atoms with Crippen LogP contribution in [0.3, 0.4) is 0 Å². The zero-order valence-electron chi connectivity index (χ0n) is 21.4. The molecule has 0 saturated carbocycles. The van der Waals surface area contributed by atoms with Crippen LogP contribution in [0.1, 0.15) is 51.4 Å². The third-order valence-corrected chi connectivity index (χ3v) is 6.18. The Balaban J connectivity index is 0.00000481. The molecule has 200 valence electrons. The topological polar surface area (TPSA) is 88.6 Å². The molecule has 6 nitrogen and oxygen atoms in total. The Morgan fingerprint density at radius 2 is 1.73 bits per heavy atom. The number of carboxylic acid groups (broad SMARTS) is 1. The number of amides is 1. The molecule has 0 spiro atoms. The summed E-state index contributed by atoms with van der Waals surface area (Å²) in [6.45, 7) is 7.95. The first-order chi connectivity index (χ1) is 16.9. The van der Waals surface area contributed by atoms with Crippen molar-refractivity contribution in [3.8, 4) is 11.1 Å². The lowest BCUT2D eigenvalue weighted by Crippen LogP contribution is -2.44. The van der Waals surface area contributed by atoms with Crippen LogP contribution in [0.2, 0.25) is 0 Å². The number of benzene rings is 2. The zero-order valence-corrected chi connectivity index (χ0v) is 22.3. The van der Waals surface area contributed by atoms with Crippen molar-refractivity contribution >= 4 is 24.3 Å². The summed E-state index contributed by atoms with van der Waals surface area (Å²) in [5.74, 6) is -2.48. The summed E-state index contributed by atoms with van der Waals surface area (Å²) in [5.41, 5.74) is 7.58. The number of halogens is 3. The molecule has 3 N–H and O–H groups in total. The molecule has 0 bridgehead atoms. The summed E-state index contributed by atoms with van der Waals surface area (Å²) < 4.78 is 30.7. The third kappa shape index (κ3) is 7.40. The maximum absolute atomic E-state index is 14.7. The van der Waals surface area contributed by atoms with Gasteiger partial charge in [0.25, 0.3) is 0 Å². The predicted molar refractivity (Wildman–Crippen MR) is 142 cm³/mol. The number of hydrogen-bond acceptors (Lipinski definition) is 3. The van der Waals surface area contributed by atoms with Gasteiger partial charge in [-0.15, -0.1) is 12.4 Å². The fourth-order valence-corrected chi connectivity index (χ4v) is 4.48. The van der Waals surface area contributed by atoms with Gasteiger partial charge in [-0.3, -0.25) is 9.59 Å². The molecule has 37 heavy (non-hydrogen) atoms. The Kier molecular flexibility index (Phi) is 10.0. The number of carbonyl (C=O) groups is 2. The molecule has 0 radical (unpaired) electrons. The van der Waals surface area contributed by atoms with Crippen molar-refractivity contribution in [2.75, 3.05) is 6.54 Å². The van der Waals surface area contributed by atoms with Crippen LogP contribution in [0.4, 0.5) is 8.78 Å². The van der Waals surface area contributed by atoms with Crippen LogP contribution in [0.5, 0.6) is 0 Å². The number of hydrogen-bond donors (Lipinski definition) is 2. The number of aliphatic carboxylic acids is 1. The molecule has 9 heteroatoms. The van der Waals surface area contributed by atoms with Gasteiger partial charge in [-0.25, -0.2) is 8.78 Å². The van der Waals surface area contributed by atoms with Crippen LogP contribution in [0.15, 0.2) is 60.8 Å². The summed E-state index contributed by atoms with van der Waals surface area (Å²) in [6.07, 6.45) is 1.84. The molecule has 0 unspecified atom stereocenters. The molecular weight excluding hydrogens is 500 g/mol. The first kappa shape index (κ1) is 30.0. The van der Waals surface area contributed by atoms with Crippen LogP contribution in [-0.2, 0) is 16.1 Å². The van der Waals surface area contributed by atoms with Gasteiger partial charge in [0, 0.05) is 43.0 Å². The number of nitrogens with two attached hydrogens (primary N) is 1. The van der Waals surface area contributed by atoms with Gasteiger partial charge in [-0.05, 0) is 41.7 Å². The Bertz CT molecular complexity index is 1230. The number of carboxylic acids is 1. The minimum absolute atomic E-state index is 0. The molecule has 1 amide bonds. The SMILES string of the molecule is CC(=O)N(CC[C@H](N)C(=O)O)[C@@H](c1cc(-c2cc(F)ccc2F)cn1Cc1ccccc1)C(C)(C)C.Cl. The van der Waals surface area contributed by atoms with E-state index in [1.807, 2.05) is 55.7 Å². The highest BCUT2D eigenvalue weighted by Crippen LogP contribution is 2.41. The van der Waals surface area contributed by atoms with Crippen molar-refractivity contribution in [1.29, 1.82) is 0 Å². The summed E-state index contributed by atoms with van der Waals surface area (Å²) in [4.78, 5) is 25.8. The average Bonchev–Trinajstić information content (AvgIpc) is 3.19. The molecule has 0 aliphatic carbocycles. The lowest BCUT2D eigenvalue weighted by atomic mass is 9.82. The minimum Gasteiger partial charge on any atom is -0.480 e. The van der Waals surface area contributed by atoms with Crippen LogP contribution >= 0.6 is 12.4 Å². The van der Waals surface area contributed by atoms with E-state index in [-0.39, 0.29) is 36.8 Å². The second-order valence-electron chi connectivity index (χ2n) is 10.1. The van der Waals surface area contributed by atoms with E-state index in [9.17, 15) is 23.5 Å². The Morgan fingerprint density at radius 1 is 1.08 bits per heavy atom. The van der Waals surface area contributed by atoms with Crippen molar-refractivity contribution in [1.82, 2.24) is 9.47 Å². The molecule has 0 aliphatic rings. The van der Waals surface area contributed by atoms with E-state index in [2.05, 4.69) is 0 Å². The summed E-state index contributed by atoms with van der Waals surface area (Å²) in [6, 6.07) is 13.2. The molecule has 0 aliphatic heterocycles. The molecule has 3 rings (SSSR count). The molecule has 0 saturated heterocycles. The van der Waals surface area contributed by atoms with Gasteiger partial charge >= 0.3 is 5.97 Å². The molecular formula is C28H34ClF2N3O3. The normalized spacial score (nSPS) is 12.9. The van der Waals surface area contributed by atoms with Crippen LogP contribution < -0.4 is 5.73 Å². The van der Waals surface area contributed by atoms with Crippen molar-refractivity contribution in [3.63, 3.8) is 0 Å². The molecule has 2 aromatic carbocycles. The fraction of sp³-hybridized carbons (Fsp3) is 0.357. The molecule has 0 fully saturated rings. The highest BCUT2D eigenvalue weighted by Gasteiger charge is 2.36. The fourth-order valence-electron chi connectivity index (χ4n) is 4.48. The van der Waals surface area contributed by atoms with E-state index in [1.165, 1.54) is 6.92 Å². The van der Waals surface area contributed by atoms with Gasteiger partial charge in [0.1, 0.15) is 17.7 Å². The second kappa shape index (κ2) is 12.3. The molecule has 2 atom stereocenters. The molecule has 1 heterocycles. The Morgan fingerprint density at radius 3 is 2.30 bits per heavy atom. The number of rotatable bonds is 9. The van der Waals surface area contributed by atoms with Crippen LogP contribution in [0.25, 0.3) is 11.1 Å².